The summed E-state index contributed by atoms with van der Waals surface area (Å²) in [6, 6.07) is 7.87. The Bertz CT molecular complexity index is 691. The first-order valence-electron chi connectivity index (χ1n) is 6.66. The first kappa shape index (κ1) is 12.6. The molecule has 1 aromatic heterocycles. The molecule has 0 unspecified atom stereocenters. The number of hydrogen-bond donors (Lipinski definition) is 2. The number of amides is 1. The summed E-state index contributed by atoms with van der Waals surface area (Å²) in [5.41, 5.74) is 3.05. The Labute approximate surface area is 116 Å². The first-order valence-corrected chi connectivity index (χ1v) is 6.66. The molecule has 2 N–H and O–H groups in total. The van der Waals surface area contributed by atoms with Crippen molar-refractivity contribution in [3.8, 4) is 0 Å². The molecule has 3 rings (SSSR count). The normalized spacial score (nSPS) is 14.6. The highest BCUT2D eigenvalue weighted by atomic mass is 16.1. The number of nitrogens with one attached hydrogen (secondary N) is 2. The van der Waals surface area contributed by atoms with Crippen molar-refractivity contribution in [2.75, 3.05) is 6.54 Å². The smallest absolute Gasteiger partial charge is 0.253 e. The van der Waals surface area contributed by atoms with Crippen LogP contribution in [0.5, 0.6) is 0 Å². The van der Waals surface area contributed by atoms with Crippen molar-refractivity contribution in [3.05, 3.63) is 41.7 Å². The number of H-pyrrole nitrogens is 1. The lowest BCUT2D eigenvalue weighted by molar-refractivity contribution is -0.117. The molecule has 0 saturated heterocycles. The van der Waals surface area contributed by atoms with Gasteiger partial charge in [-0.1, -0.05) is 12.1 Å². The molecule has 0 radical (unpaired) electrons. The number of carbonyl (C=O) groups is 1. The van der Waals surface area contributed by atoms with Crippen molar-refractivity contribution in [2.45, 2.75) is 19.9 Å². The van der Waals surface area contributed by atoms with Crippen LogP contribution < -0.4 is 5.32 Å². The van der Waals surface area contributed by atoms with Gasteiger partial charge < -0.3 is 10.3 Å². The lowest BCUT2D eigenvalue weighted by atomic mass is 10.1. The number of benzene rings is 1. The third kappa shape index (κ3) is 2.22. The quantitative estimate of drug-likeness (QED) is 0.891. The molecule has 1 aliphatic heterocycles. The summed E-state index contributed by atoms with van der Waals surface area (Å²) in [6.45, 7) is 4.39. The molecule has 0 spiro atoms. The lowest BCUT2D eigenvalue weighted by Gasteiger charge is -2.09. The molecule has 2 aromatic rings. The maximum atomic E-state index is 12.2. The molecule has 0 aliphatic carbocycles. The summed E-state index contributed by atoms with van der Waals surface area (Å²) in [5, 5.41) is 2.89. The molecular formula is C15H16N4O. The minimum Gasteiger partial charge on any atom is -0.350 e. The minimum absolute atomic E-state index is 0.0981. The summed E-state index contributed by atoms with van der Waals surface area (Å²) in [6.07, 6.45) is 1.83. The number of fused-ring (bicyclic) bond motifs is 1. The van der Waals surface area contributed by atoms with E-state index < -0.39 is 0 Å². The van der Waals surface area contributed by atoms with E-state index >= 15 is 0 Å². The Morgan fingerprint density at radius 3 is 2.90 bits per heavy atom. The van der Waals surface area contributed by atoms with Gasteiger partial charge in [0.15, 0.2) is 5.82 Å². The third-order valence-electron chi connectivity index (χ3n) is 3.08. The van der Waals surface area contributed by atoms with Crippen LogP contribution in [-0.4, -0.2) is 34.2 Å². The molecule has 1 aliphatic rings. The Balaban J connectivity index is 1.93. The van der Waals surface area contributed by atoms with Crippen molar-refractivity contribution < 1.29 is 4.79 Å². The van der Waals surface area contributed by atoms with Crippen LogP contribution in [0.2, 0.25) is 0 Å². The fraction of sp³-hybridized carbons (Fsp3) is 0.267. The third-order valence-corrected chi connectivity index (χ3v) is 3.08. The van der Waals surface area contributed by atoms with Crippen LogP contribution in [0.25, 0.3) is 11.0 Å². The van der Waals surface area contributed by atoms with E-state index in [0.29, 0.717) is 23.7 Å². The number of aliphatic imine (C=N–C) groups is 1. The summed E-state index contributed by atoms with van der Waals surface area (Å²) >= 11 is 0. The molecule has 1 amide bonds. The number of imidazole rings is 1. The Kier molecular flexibility index (Phi) is 3.10. The highest BCUT2D eigenvalue weighted by Gasteiger charge is 2.23. The van der Waals surface area contributed by atoms with Crippen molar-refractivity contribution in [1.82, 2.24) is 15.3 Å². The second kappa shape index (κ2) is 4.92. The zero-order valence-corrected chi connectivity index (χ0v) is 11.5. The van der Waals surface area contributed by atoms with Crippen molar-refractivity contribution in [2.24, 2.45) is 4.99 Å². The van der Waals surface area contributed by atoms with E-state index in [-0.39, 0.29) is 11.9 Å². The van der Waals surface area contributed by atoms with E-state index in [1.54, 1.807) is 0 Å². The van der Waals surface area contributed by atoms with Gasteiger partial charge in [0.25, 0.3) is 5.91 Å². The van der Waals surface area contributed by atoms with Crippen molar-refractivity contribution in [1.29, 1.82) is 0 Å². The molecule has 2 heterocycles. The molecule has 20 heavy (non-hydrogen) atoms. The number of para-hydroxylation sites is 2. The van der Waals surface area contributed by atoms with Gasteiger partial charge in [-0.3, -0.25) is 9.79 Å². The second-order valence-electron chi connectivity index (χ2n) is 5.04. The summed E-state index contributed by atoms with van der Waals surface area (Å²) in [5.74, 6) is 0.547. The SMILES string of the molecule is CC(C)NC(=O)C1=CCN=C1c1nc2ccccc2[nH]1. The maximum absolute atomic E-state index is 12.2. The van der Waals surface area contributed by atoms with Crippen LogP contribution in [0.4, 0.5) is 0 Å². The minimum atomic E-state index is -0.100. The standard InChI is InChI=1S/C15H16N4O/c1-9(2)17-15(20)10-7-8-16-13(10)14-18-11-5-3-4-6-12(11)19-14/h3-7,9H,8H2,1-2H3,(H,17,20)(H,18,19). The largest absolute Gasteiger partial charge is 0.350 e. The van der Waals surface area contributed by atoms with Gasteiger partial charge in [-0.05, 0) is 32.1 Å². The van der Waals surface area contributed by atoms with Gasteiger partial charge in [0.2, 0.25) is 0 Å². The highest BCUT2D eigenvalue weighted by molar-refractivity contribution is 6.28. The number of nitrogens with zero attached hydrogens (tertiary/aromatic N) is 2. The molecule has 5 nitrogen and oxygen atoms in total. The van der Waals surface area contributed by atoms with E-state index in [1.165, 1.54) is 0 Å². The number of aromatic amines is 1. The number of rotatable bonds is 3. The van der Waals surface area contributed by atoms with Gasteiger partial charge in [0, 0.05) is 6.04 Å². The fourth-order valence-electron chi connectivity index (χ4n) is 2.22. The topological polar surface area (TPSA) is 70.1 Å². The Morgan fingerprint density at radius 1 is 1.35 bits per heavy atom. The number of hydrogen-bond acceptors (Lipinski definition) is 3. The summed E-state index contributed by atoms with van der Waals surface area (Å²) < 4.78 is 0. The summed E-state index contributed by atoms with van der Waals surface area (Å²) in [7, 11) is 0. The van der Waals surface area contributed by atoms with Gasteiger partial charge in [-0.25, -0.2) is 4.98 Å². The second-order valence-corrected chi connectivity index (χ2v) is 5.04. The average Bonchev–Trinajstić information content (AvgIpc) is 3.04. The van der Waals surface area contributed by atoms with Gasteiger partial charge in [0.05, 0.1) is 23.2 Å². The fourth-order valence-corrected chi connectivity index (χ4v) is 2.22. The van der Waals surface area contributed by atoms with E-state index in [9.17, 15) is 4.79 Å². The molecule has 102 valence electrons. The molecule has 5 heteroatoms. The van der Waals surface area contributed by atoms with Crippen LogP contribution in [0.15, 0.2) is 40.9 Å². The van der Waals surface area contributed by atoms with Gasteiger partial charge >= 0.3 is 0 Å². The molecule has 0 bridgehead atoms. The maximum Gasteiger partial charge on any atom is 0.253 e. The van der Waals surface area contributed by atoms with Crippen LogP contribution >= 0.6 is 0 Å². The lowest BCUT2D eigenvalue weighted by Crippen LogP contribution is -2.33. The highest BCUT2D eigenvalue weighted by Crippen LogP contribution is 2.17. The van der Waals surface area contributed by atoms with Crippen LogP contribution in [0.3, 0.4) is 0 Å². The van der Waals surface area contributed by atoms with E-state index in [2.05, 4.69) is 20.3 Å². The van der Waals surface area contributed by atoms with Gasteiger partial charge in [-0.2, -0.15) is 0 Å². The van der Waals surface area contributed by atoms with Crippen molar-refractivity contribution in [3.63, 3.8) is 0 Å². The first-order chi connectivity index (χ1) is 9.65. The molecular weight excluding hydrogens is 252 g/mol. The molecule has 0 atom stereocenters. The van der Waals surface area contributed by atoms with E-state index in [4.69, 9.17) is 0 Å². The van der Waals surface area contributed by atoms with Gasteiger partial charge in [0.1, 0.15) is 5.71 Å². The summed E-state index contributed by atoms with van der Waals surface area (Å²) in [4.78, 5) is 24.2. The van der Waals surface area contributed by atoms with Crippen LogP contribution in [-0.2, 0) is 4.79 Å². The zero-order chi connectivity index (χ0) is 14.1. The van der Waals surface area contributed by atoms with E-state index in [0.717, 1.165) is 11.0 Å². The van der Waals surface area contributed by atoms with Crippen LogP contribution in [0.1, 0.15) is 19.7 Å². The predicted molar refractivity (Wildman–Crippen MR) is 78.9 cm³/mol. The predicted octanol–water partition coefficient (Wildman–Crippen LogP) is 1.82. The Morgan fingerprint density at radius 2 is 2.15 bits per heavy atom. The zero-order valence-electron chi connectivity index (χ0n) is 11.5. The number of aromatic nitrogens is 2. The number of carbonyl (C=O) groups excluding carboxylic acids is 1. The van der Waals surface area contributed by atoms with E-state index in [1.807, 2.05) is 44.2 Å². The average molecular weight is 268 g/mol. The molecule has 0 saturated carbocycles. The monoisotopic (exact) mass is 268 g/mol. The Hall–Kier alpha value is -2.43. The van der Waals surface area contributed by atoms with Crippen LogP contribution in [0, 0.1) is 0 Å². The van der Waals surface area contributed by atoms with Crippen molar-refractivity contribution >= 4 is 22.7 Å². The molecule has 0 fully saturated rings. The van der Waals surface area contributed by atoms with Gasteiger partial charge in [-0.15, -0.1) is 0 Å². The molecule has 1 aromatic carbocycles.